The number of anilines is 1. The zero-order chi connectivity index (χ0) is 23.1. The van der Waals surface area contributed by atoms with Gasteiger partial charge in [0.1, 0.15) is 5.75 Å². The Kier molecular flexibility index (Phi) is 7.74. The van der Waals surface area contributed by atoms with Crippen molar-refractivity contribution in [2.75, 3.05) is 31.5 Å². The fourth-order valence-corrected chi connectivity index (χ4v) is 4.48. The number of carbonyl (C=O) groups excluding carboxylic acids is 2. The number of amides is 1. The van der Waals surface area contributed by atoms with Gasteiger partial charge in [0.05, 0.1) is 29.7 Å². The molecule has 0 bridgehead atoms. The van der Waals surface area contributed by atoms with Crippen molar-refractivity contribution < 1.29 is 27.5 Å². The van der Waals surface area contributed by atoms with E-state index in [9.17, 15) is 18.0 Å². The van der Waals surface area contributed by atoms with E-state index >= 15 is 0 Å². The number of sulfonamides is 1. The molecule has 32 heavy (non-hydrogen) atoms. The Morgan fingerprint density at radius 1 is 1.06 bits per heavy atom. The number of benzene rings is 2. The standard InChI is InChI=1S/C23H28N2O6S/c1-3-4-15-31-23(27)17-7-9-18(10-8-17)24-32(28,29)19-11-12-21(30-2)20(16-19)22(26)25-13-5-6-14-25/h7-12,16,24H,3-6,13-15H2,1-2H3. The average Bonchev–Trinajstić information content (AvgIpc) is 3.33. The van der Waals surface area contributed by atoms with Crippen LogP contribution in [0.3, 0.4) is 0 Å². The molecule has 8 nitrogen and oxygen atoms in total. The summed E-state index contributed by atoms with van der Waals surface area (Å²) in [6, 6.07) is 10.2. The summed E-state index contributed by atoms with van der Waals surface area (Å²) >= 11 is 0. The third-order valence-corrected chi connectivity index (χ3v) is 6.59. The fraction of sp³-hybridized carbons (Fsp3) is 0.391. The van der Waals surface area contributed by atoms with Gasteiger partial charge in [0.2, 0.25) is 0 Å². The Morgan fingerprint density at radius 2 is 1.75 bits per heavy atom. The van der Waals surface area contributed by atoms with Crippen LogP contribution in [-0.2, 0) is 14.8 Å². The molecule has 1 N–H and O–H groups in total. The number of rotatable bonds is 9. The number of hydrogen-bond acceptors (Lipinski definition) is 6. The number of nitrogens with zero attached hydrogens (tertiary/aromatic N) is 1. The molecular formula is C23H28N2O6S. The summed E-state index contributed by atoms with van der Waals surface area (Å²) in [7, 11) is -2.52. The fourth-order valence-electron chi connectivity index (χ4n) is 3.39. The van der Waals surface area contributed by atoms with E-state index in [0.29, 0.717) is 36.7 Å². The lowest BCUT2D eigenvalue weighted by atomic mass is 10.1. The molecule has 1 fully saturated rings. The van der Waals surface area contributed by atoms with Gasteiger partial charge in [-0.2, -0.15) is 0 Å². The van der Waals surface area contributed by atoms with Gasteiger partial charge < -0.3 is 14.4 Å². The van der Waals surface area contributed by atoms with E-state index in [1.165, 1.54) is 49.6 Å². The molecule has 0 aromatic heterocycles. The molecule has 0 radical (unpaired) electrons. The van der Waals surface area contributed by atoms with Crippen LogP contribution in [0.4, 0.5) is 5.69 Å². The number of ether oxygens (including phenoxy) is 2. The minimum Gasteiger partial charge on any atom is -0.496 e. The Balaban J connectivity index is 1.77. The van der Waals surface area contributed by atoms with Crippen molar-refractivity contribution in [2.24, 2.45) is 0 Å². The van der Waals surface area contributed by atoms with Crippen molar-refractivity contribution in [1.29, 1.82) is 0 Å². The normalized spacial score (nSPS) is 13.6. The van der Waals surface area contributed by atoms with E-state index in [-0.39, 0.29) is 16.4 Å². The van der Waals surface area contributed by atoms with Gasteiger partial charge in [-0.1, -0.05) is 13.3 Å². The van der Waals surface area contributed by atoms with Gasteiger partial charge in [0, 0.05) is 18.8 Å². The molecule has 3 rings (SSSR count). The quantitative estimate of drug-likeness (QED) is 0.452. The first-order chi connectivity index (χ1) is 15.4. The highest BCUT2D eigenvalue weighted by Gasteiger charge is 2.25. The summed E-state index contributed by atoms with van der Waals surface area (Å²) in [5.41, 5.74) is 0.841. The predicted octanol–water partition coefficient (Wildman–Crippen LogP) is 3.69. The SMILES string of the molecule is CCCCOC(=O)c1ccc(NS(=O)(=O)c2ccc(OC)c(C(=O)N3CCCC3)c2)cc1. The van der Waals surface area contributed by atoms with E-state index in [2.05, 4.69) is 4.72 Å². The van der Waals surface area contributed by atoms with Gasteiger partial charge in [-0.15, -0.1) is 0 Å². The smallest absolute Gasteiger partial charge is 0.338 e. The molecule has 172 valence electrons. The van der Waals surface area contributed by atoms with Gasteiger partial charge in [-0.25, -0.2) is 13.2 Å². The highest BCUT2D eigenvalue weighted by molar-refractivity contribution is 7.92. The van der Waals surface area contributed by atoms with E-state index in [4.69, 9.17) is 9.47 Å². The third kappa shape index (κ3) is 5.59. The monoisotopic (exact) mass is 460 g/mol. The van der Waals surface area contributed by atoms with Crippen molar-refractivity contribution >= 4 is 27.6 Å². The summed E-state index contributed by atoms with van der Waals surface area (Å²) in [6.45, 7) is 3.64. The Labute approximate surface area is 188 Å². The number of esters is 1. The molecular weight excluding hydrogens is 432 g/mol. The molecule has 1 amide bonds. The Morgan fingerprint density at radius 3 is 2.38 bits per heavy atom. The van der Waals surface area contributed by atoms with Crippen molar-refractivity contribution in [3.8, 4) is 5.75 Å². The first-order valence-electron chi connectivity index (χ1n) is 10.6. The van der Waals surface area contributed by atoms with Gasteiger partial charge >= 0.3 is 5.97 Å². The lowest BCUT2D eigenvalue weighted by molar-refractivity contribution is 0.0499. The van der Waals surface area contributed by atoms with E-state index in [1.54, 1.807) is 4.90 Å². The van der Waals surface area contributed by atoms with Gasteiger partial charge in [0.25, 0.3) is 15.9 Å². The number of nitrogens with one attached hydrogen (secondary N) is 1. The Bertz CT molecular complexity index is 1060. The van der Waals surface area contributed by atoms with Crippen LogP contribution in [0.25, 0.3) is 0 Å². The van der Waals surface area contributed by atoms with E-state index < -0.39 is 16.0 Å². The lowest BCUT2D eigenvalue weighted by Crippen LogP contribution is -2.28. The second kappa shape index (κ2) is 10.5. The average molecular weight is 461 g/mol. The largest absolute Gasteiger partial charge is 0.496 e. The molecule has 2 aromatic carbocycles. The zero-order valence-corrected chi connectivity index (χ0v) is 19.1. The number of unbranched alkanes of at least 4 members (excludes halogenated alkanes) is 1. The van der Waals surface area contributed by atoms with E-state index in [0.717, 1.165) is 25.7 Å². The van der Waals surface area contributed by atoms with Crippen LogP contribution in [-0.4, -0.2) is 52.0 Å². The zero-order valence-electron chi connectivity index (χ0n) is 18.3. The van der Waals surface area contributed by atoms with Crippen LogP contribution in [0.5, 0.6) is 5.75 Å². The van der Waals surface area contributed by atoms with Crippen molar-refractivity contribution in [3.63, 3.8) is 0 Å². The maximum absolute atomic E-state index is 12.9. The van der Waals surface area contributed by atoms with Crippen molar-refractivity contribution in [1.82, 2.24) is 4.90 Å². The van der Waals surface area contributed by atoms with Gasteiger partial charge in [0.15, 0.2) is 0 Å². The molecule has 1 heterocycles. The van der Waals surface area contributed by atoms with Crippen LogP contribution in [0.15, 0.2) is 47.4 Å². The van der Waals surface area contributed by atoms with Gasteiger partial charge in [-0.05, 0) is 61.7 Å². The number of methoxy groups -OCH3 is 1. The topological polar surface area (TPSA) is 102 Å². The molecule has 1 aliphatic rings. The minimum absolute atomic E-state index is 0.0519. The molecule has 0 atom stereocenters. The maximum Gasteiger partial charge on any atom is 0.338 e. The molecule has 1 saturated heterocycles. The summed E-state index contributed by atoms with van der Waals surface area (Å²) < 4.78 is 38.8. The first-order valence-corrected chi connectivity index (χ1v) is 12.1. The van der Waals surface area contributed by atoms with Crippen LogP contribution in [0.2, 0.25) is 0 Å². The van der Waals surface area contributed by atoms with Gasteiger partial charge in [-0.3, -0.25) is 9.52 Å². The highest BCUT2D eigenvalue weighted by atomic mass is 32.2. The lowest BCUT2D eigenvalue weighted by Gasteiger charge is -2.18. The summed E-state index contributed by atoms with van der Waals surface area (Å²) in [5, 5.41) is 0. The molecule has 0 spiro atoms. The van der Waals surface area contributed by atoms with E-state index in [1.807, 2.05) is 6.92 Å². The first kappa shape index (κ1) is 23.6. The van der Waals surface area contributed by atoms with Crippen molar-refractivity contribution in [3.05, 3.63) is 53.6 Å². The summed E-state index contributed by atoms with van der Waals surface area (Å²) in [6.07, 6.45) is 3.56. The molecule has 2 aromatic rings. The second-order valence-corrected chi connectivity index (χ2v) is 9.22. The summed E-state index contributed by atoms with van der Waals surface area (Å²) in [4.78, 5) is 26.5. The molecule has 1 aliphatic heterocycles. The number of carbonyl (C=O) groups is 2. The molecule has 0 unspecified atom stereocenters. The molecule has 9 heteroatoms. The second-order valence-electron chi connectivity index (χ2n) is 7.53. The van der Waals surface area contributed by atoms with Crippen LogP contribution < -0.4 is 9.46 Å². The summed E-state index contributed by atoms with van der Waals surface area (Å²) in [5.74, 6) is -0.373. The predicted molar refractivity (Wildman–Crippen MR) is 121 cm³/mol. The number of hydrogen-bond donors (Lipinski definition) is 1. The highest BCUT2D eigenvalue weighted by Crippen LogP contribution is 2.26. The maximum atomic E-state index is 12.9. The van der Waals surface area contributed by atoms with Crippen molar-refractivity contribution in [2.45, 2.75) is 37.5 Å². The van der Waals surface area contributed by atoms with Crippen LogP contribution in [0, 0.1) is 0 Å². The molecule has 0 aliphatic carbocycles. The van der Waals surface area contributed by atoms with Crippen LogP contribution in [0.1, 0.15) is 53.3 Å². The number of likely N-dealkylation sites (tertiary alicyclic amines) is 1. The Hall–Kier alpha value is -3.07. The minimum atomic E-state index is -3.96. The van der Waals surface area contributed by atoms with Crippen LogP contribution >= 0.6 is 0 Å². The molecule has 0 saturated carbocycles. The third-order valence-electron chi connectivity index (χ3n) is 5.21.